The van der Waals surface area contributed by atoms with Gasteiger partial charge in [-0.25, -0.2) is 9.97 Å². The average molecular weight is 232 g/mol. The Morgan fingerprint density at radius 2 is 2.29 bits per heavy atom. The summed E-state index contributed by atoms with van der Waals surface area (Å²) in [6.45, 7) is 1.86. The molecule has 0 aromatic carbocycles. The van der Waals surface area contributed by atoms with E-state index in [-0.39, 0.29) is 6.04 Å². The molecule has 0 radical (unpaired) electrons. The third-order valence-corrected chi connectivity index (χ3v) is 2.54. The van der Waals surface area contributed by atoms with Crippen LogP contribution in [0.1, 0.15) is 23.3 Å². The van der Waals surface area contributed by atoms with E-state index in [2.05, 4.69) is 20.5 Å². The summed E-state index contributed by atoms with van der Waals surface area (Å²) in [6.07, 6.45) is 4.35. The third-order valence-electron chi connectivity index (χ3n) is 2.54. The van der Waals surface area contributed by atoms with Gasteiger partial charge in [-0.2, -0.15) is 5.10 Å². The number of nitrogens with zero attached hydrogens (tertiary/aromatic N) is 4. The van der Waals surface area contributed by atoms with Gasteiger partial charge in [0.2, 0.25) is 0 Å². The van der Waals surface area contributed by atoms with Crippen molar-refractivity contribution in [1.82, 2.24) is 25.2 Å². The minimum absolute atomic E-state index is 0.0494. The highest BCUT2D eigenvalue weighted by Gasteiger charge is 2.13. The molecule has 0 aliphatic carbocycles. The molecule has 3 N–H and O–H groups in total. The minimum Gasteiger partial charge on any atom is -0.276 e. The summed E-state index contributed by atoms with van der Waals surface area (Å²) >= 11 is 0. The van der Waals surface area contributed by atoms with Crippen LogP contribution in [0.4, 0.5) is 0 Å². The summed E-state index contributed by atoms with van der Waals surface area (Å²) < 4.78 is 1.77. The van der Waals surface area contributed by atoms with Crippen LogP contribution in [-0.4, -0.2) is 19.7 Å². The topological polar surface area (TPSA) is 81.7 Å². The molecule has 90 valence electrons. The van der Waals surface area contributed by atoms with Gasteiger partial charge in [-0.05, 0) is 19.1 Å². The smallest absolute Gasteiger partial charge is 0.125 e. The quantitative estimate of drug-likeness (QED) is 0.584. The van der Waals surface area contributed by atoms with Crippen molar-refractivity contribution in [3.05, 3.63) is 41.7 Å². The Balaban J connectivity index is 2.16. The number of nitrogens with one attached hydrogen (secondary N) is 1. The molecule has 17 heavy (non-hydrogen) atoms. The highest BCUT2D eigenvalue weighted by molar-refractivity contribution is 5.11. The van der Waals surface area contributed by atoms with E-state index in [1.54, 1.807) is 10.9 Å². The Bertz CT molecular complexity index is 492. The van der Waals surface area contributed by atoms with Crippen molar-refractivity contribution in [2.45, 2.75) is 19.4 Å². The largest absolute Gasteiger partial charge is 0.276 e. The van der Waals surface area contributed by atoms with E-state index >= 15 is 0 Å². The molecule has 0 saturated heterocycles. The van der Waals surface area contributed by atoms with Crippen molar-refractivity contribution in [3.63, 3.8) is 0 Å². The first kappa shape index (κ1) is 11.7. The van der Waals surface area contributed by atoms with Gasteiger partial charge < -0.3 is 0 Å². The van der Waals surface area contributed by atoms with Crippen LogP contribution in [0.5, 0.6) is 0 Å². The van der Waals surface area contributed by atoms with Gasteiger partial charge in [0.1, 0.15) is 5.82 Å². The Kier molecular flexibility index (Phi) is 3.46. The molecular weight excluding hydrogens is 216 g/mol. The number of rotatable bonds is 4. The summed E-state index contributed by atoms with van der Waals surface area (Å²) in [4.78, 5) is 8.43. The first-order valence-electron chi connectivity index (χ1n) is 5.43. The predicted octanol–water partition coefficient (Wildman–Crippen LogP) is 0.266. The van der Waals surface area contributed by atoms with Gasteiger partial charge in [-0.1, -0.05) is 0 Å². The molecule has 2 aromatic heterocycles. The van der Waals surface area contributed by atoms with Gasteiger partial charge in [0, 0.05) is 25.9 Å². The fourth-order valence-electron chi connectivity index (χ4n) is 1.70. The first-order chi connectivity index (χ1) is 8.19. The molecular formula is C11H16N6. The second-order valence-corrected chi connectivity index (χ2v) is 3.93. The van der Waals surface area contributed by atoms with E-state index < -0.39 is 0 Å². The van der Waals surface area contributed by atoms with Gasteiger partial charge in [0.15, 0.2) is 0 Å². The molecule has 0 spiro atoms. The van der Waals surface area contributed by atoms with Crippen LogP contribution >= 0.6 is 0 Å². The minimum atomic E-state index is -0.0494. The fraction of sp³-hybridized carbons (Fsp3) is 0.364. The van der Waals surface area contributed by atoms with Crippen molar-refractivity contribution < 1.29 is 0 Å². The van der Waals surface area contributed by atoms with Crippen LogP contribution in [0.25, 0.3) is 0 Å². The normalized spacial score (nSPS) is 12.6. The number of aromatic nitrogens is 4. The van der Waals surface area contributed by atoms with Crippen LogP contribution < -0.4 is 11.3 Å². The summed E-state index contributed by atoms with van der Waals surface area (Å²) in [5.41, 5.74) is 4.62. The third kappa shape index (κ3) is 2.86. The van der Waals surface area contributed by atoms with Crippen molar-refractivity contribution in [3.8, 4) is 0 Å². The number of aryl methyl sites for hydroxylation is 2. The first-order valence-corrected chi connectivity index (χ1v) is 5.43. The highest BCUT2D eigenvalue weighted by atomic mass is 15.3. The molecule has 1 atom stereocenters. The summed E-state index contributed by atoms with van der Waals surface area (Å²) in [7, 11) is 1.89. The molecule has 6 heteroatoms. The lowest BCUT2D eigenvalue weighted by molar-refractivity contribution is 0.526. The SMILES string of the molecule is Cc1nccc(C(Cc2ccn(C)n2)NN)n1. The molecule has 2 heterocycles. The van der Waals surface area contributed by atoms with E-state index in [0.717, 1.165) is 17.2 Å². The Morgan fingerprint density at radius 3 is 2.88 bits per heavy atom. The number of hydrogen-bond acceptors (Lipinski definition) is 5. The molecule has 0 saturated carbocycles. The van der Waals surface area contributed by atoms with Crippen LogP contribution in [0, 0.1) is 6.92 Å². The van der Waals surface area contributed by atoms with Crippen LogP contribution in [0.2, 0.25) is 0 Å². The molecule has 1 unspecified atom stereocenters. The molecule has 0 aliphatic heterocycles. The number of hydrazine groups is 1. The lowest BCUT2D eigenvalue weighted by atomic mass is 10.1. The van der Waals surface area contributed by atoms with Crippen LogP contribution in [0.3, 0.4) is 0 Å². The Hall–Kier alpha value is -1.79. The van der Waals surface area contributed by atoms with Gasteiger partial charge >= 0.3 is 0 Å². The molecule has 0 aliphatic rings. The zero-order chi connectivity index (χ0) is 12.3. The molecule has 0 fully saturated rings. The van der Waals surface area contributed by atoms with Crippen molar-refractivity contribution in [1.29, 1.82) is 0 Å². The average Bonchev–Trinajstić information content (AvgIpc) is 2.72. The van der Waals surface area contributed by atoms with Crippen molar-refractivity contribution >= 4 is 0 Å². The van der Waals surface area contributed by atoms with E-state index in [4.69, 9.17) is 5.84 Å². The van der Waals surface area contributed by atoms with Crippen LogP contribution in [0.15, 0.2) is 24.5 Å². The fourth-order valence-corrected chi connectivity index (χ4v) is 1.70. The van der Waals surface area contributed by atoms with E-state index in [0.29, 0.717) is 6.42 Å². The maximum absolute atomic E-state index is 5.56. The highest BCUT2D eigenvalue weighted by Crippen LogP contribution is 2.14. The zero-order valence-electron chi connectivity index (χ0n) is 9.96. The van der Waals surface area contributed by atoms with Gasteiger partial charge in [0.25, 0.3) is 0 Å². The van der Waals surface area contributed by atoms with E-state index in [1.165, 1.54) is 0 Å². The van der Waals surface area contributed by atoms with E-state index in [1.807, 2.05) is 32.3 Å². The summed E-state index contributed by atoms with van der Waals surface area (Å²) in [5, 5.41) is 4.32. The standard InChI is InChI=1S/C11H16N6/c1-8-13-5-3-10(14-8)11(15-12)7-9-4-6-17(2)16-9/h3-6,11,15H,7,12H2,1-2H3. The lowest BCUT2D eigenvalue weighted by Crippen LogP contribution is -2.30. The lowest BCUT2D eigenvalue weighted by Gasteiger charge is -2.14. The second kappa shape index (κ2) is 5.03. The monoisotopic (exact) mass is 232 g/mol. The number of nitrogens with two attached hydrogens (primary N) is 1. The molecule has 0 amide bonds. The molecule has 6 nitrogen and oxygen atoms in total. The Labute approximate surface area is 99.9 Å². The van der Waals surface area contributed by atoms with Gasteiger partial charge in [0.05, 0.1) is 17.4 Å². The van der Waals surface area contributed by atoms with Crippen molar-refractivity contribution in [2.75, 3.05) is 0 Å². The predicted molar refractivity (Wildman–Crippen MR) is 63.7 cm³/mol. The van der Waals surface area contributed by atoms with Crippen molar-refractivity contribution in [2.24, 2.45) is 12.9 Å². The maximum atomic E-state index is 5.56. The van der Waals surface area contributed by atoms with Crippen LogP contribution in [-0.2, 0) is 13.5 Å². The molecule has 0 bridgehead atoms. The molecule has 2 aromatic rings. The maximum Gasteiger partial charge on any atom is 0.125 e. The molecule has 2 rings (SSSR count). The summed E-state index contributed by atoms with van der Waals surface area (Å²) in [6, 6.07) is 3.78. The van der Waals surface area contributed by atoms with Gasteiger partial charge in [-0.3, -0.25) is 16.0 Å². The Morgan fingerprint density at radius 1 is 1.47 bits per heavy atom. The summed E-state index contributed by atoms with van der Waals surface area (Å²) in [5.74, 6) is 6.30. The number of hydrogen-bond donors (Lipinski definition) is 2. The van der Waals surface area contributed by atoms with E-state index in [9.17, 15) is 0 Å². The zero-order valence-corrected chi connectivity index (χ0v) is 9.96. The van der Waals surface area contributed by atoms with Gasteiger partial charge in [-0.15, -0.1) is 0 Å². The second-order valence-electron chi connectivity index (χ2n) is 3.93.